The van der Waals surface area contributed by atoms with E-state index in [4.69, 9.17) is 11.5 Å². The van der Waals surface area contributed by atoms with E-state index in [-0.39, 0.29) is 22.3 Å². The fourth-order valence-electron chi connectivity index (χ4n) is 2.60. The van der Waals surface area contributed by atoms with Crippen LogP contribution in [0.4, 0.5) is 5.00 Å². The number of primary amides is 1. The number of Topliss-reactive ketones (excluding diaryl/α,β-unsaturated/α-hetero) is 1. The van der Waals surface area contributed by atoms with Gasteiger partial charge in [-0.05, 0) is 24.3 Å². The molecule has 1 amide bonds. The molecular weight excluding hydrogens is 262 g/mol. The second-order valence-corrected chi connectivity index (χ2v) is 6.13. The molecule has 0 aliphatic heterocycles. The number of carbonyl (C=O) groups is 2. The van der Waals surface area contributed by atoms with Gasteiger partial charge >= 0.3 is 0 Å². The van der Waals surface area contributed by atoms with Gasteiger partial charge in [0, 0.05) is 0 Å². The Morgan fingerprint density at radius 2 is 2.16 bits per heavy atom. The molecule has 0 aromatic carbocycles. The van der Waals surface area contributed by atoms with Gasteiger partial charge in [0.05, 0.1) is 21.5 Å². The fraction of sp³-hybridized carbons (Fsp3) is 0.462. The lowest BCUT2D eigenvalue weighted by Gasteiger charge is -2.32. The Labute approximate surface area is 115 Å². The molecule has 1 aromatic heterocycles. The van der Waals surface area contributed by atoms with Gasteiger partial charge in [-0.25, -0.2) is 0 Å². The summed E-state index contributed by atoms with van der Waals surface area (Å²) in [5, 5.41) is 9.67. The van der Waals surface area contributed by atoms with Gasteiger partial charge in [0.25, 0.3) is 5.91 Å². The molecule has 1 atom stereocenters. The highest BCUT2D eigenvalue weighted by Crippen LogP contribution is 2.45. The quantitative estimate of drug-likeness (QED) is 0.857. The van der Waals surface area contributed by atoms with Crippen molar-refractivity contribution >= 4 is 28.0 Å². The van der Waals surface area contributed by atoms with Crippen LogP contribution in [-0.4, -0.2) is 11.7 Å². The minimum Gasteiger partial charge on any atom is -0.390 e. The van der Waals surface area contributed by atoms with Gasteiger partial charge in [0.15, 0.2) is 5.78 Å². The number of nitrogens with two attached hydrogens (primary N) is 2. The number of hydrogen-bond donors (Lipinski definition) is 2. The van der Waals surface area contributed by atoms with Gasteiger partial charge in [0.1, 0.15) is 5.41 Å². The predicted molar refractivity (Wildman–Crippen MR) is 72.8 cm³/mol. The summed E-state index contributed by atoms with van der Waals surface area (Å²) in [4.78, 5) is 24.4. The molecule has 1 aliphatic rings. The third kappa shape index (κ3) is 1.73. The summed E-state index contributed by atoms with van der Waals surface area (Å²) in [6.45, 7) is 3.72. The number of thiophene rings is 1. The van der Waals surface area contributed by atoms with Crippen LogP contribution < -0.4 is 11.5 Å². The SMILES string of the molecule is CC(C)C1(C#N)CCc2c(sc(N)c2C(N)=O)C1=O. The third-order valence-electron chi connectivity index (χ3n) is 3.85. The molecule has 100 valence electrons. The molecule has 0 radical (unpaired) electrons. The second kappa shape index (κ2) is 4.35. The Hall–Kier alpha value is -1.87. The molecule has 0 spiro atoms. The third-order valence-corrected chi connectivity index (χ3v) is 4.91. The topological polar surface area (TPSA) is 110 Å². The monoisotopic (exact) mass is 277 g/mol. The van der Waals surface area contributed by atoms with E-state index in [0.29, 0.717) is 23.3 Å². The normalized spacial score (nSPS) is 22.1. The molecule has 0 saturated heterocycles. The van der Waals surface area contributed by atoms with Gasteiger partial charge in [-0.1, -0.05) is 13.8 Å². The molecule has 0 fully saturated rings. The Kier molecular flexibility index (Phi) is 3.11. The first kappa shape index (κ1) is 13.6. The number of nitriles is 1. The molecule has 1 heterocycles. The first-order valence-corrected chi connectivity index (χ1v) is 6.83. The van der Waals surface area contributed by atoms with Crippen molar-refractivity contribution in [2.24, 2.45) is 17.1 Å². The molecule has 5 nitrogen and oxygen atoms in total. The molecule has 19 heavy (non-hydrogen) atoms. The van der Waals surface area contributed by atoms with Crippen LogP contribution in [0.5, 0.6) is 0 Å². The van der Waals surface area contributed by atoms with E-state index in [2.05, 4.69) is 6.07 Å². The number of rotatable bonds is 2. The van der Waals surface area contributed by atoms with Gasteiger partial charge in [-0.3, -0.25) is 9.59 Å². The lowest BCUT2D eigenvalue weighted by atomic mass is 9.67. The maximum atomic E-state index is 12.6. The average molecular weight is 277 g/mol. The lowest BCUT2D eigenvalue weighted by molar-refractivity contribution is 0.0776. The van der Waals surface area contributed by atoms with E-state index in [9.17, 15) is 14.9 Å². The molecule has 0 bridgehead atoms. The number of amides is 1. The number of ketones is 1. The van der Waals surface area contributed by atoms with Crippen molar-refractivity contribution in [2.75, 3.05) is 5.73 Å². The second-order valence-electron chi connectivity index (χ2n) is 5.08. The Morgan fingerprint density at radius 1 is 1.53 bits per heavy atom. The van der Waals surface area contributed by atoms with Crippen LogP contribution in [0.15, 0.2) is 0 Å². The number of fused-ring (bicyclic) bond motifs is 1. The number of nitrogens with zero attached hydrogens (tertiary/aromatic N) is 1. The molecule has 4 N–H and O–H groups in total. The predicted octanol–water partition coefficient (Wildman–Crippen LogP) is 1.72. The van der Waals surface area contributed by atoms with Crippen molar-refractivity contribution in [1.29, 1.82) is 5.26 Å². The van der Waals surface area contributed by atoms with E-state index in [1.807, 2.05) is 13.8 Å². The van der Waals surface area contributed by atoms with Crippen LogP contribution in [-0.2, 0) is 6.42 Å². The van der Waals surface area contributed by atoms with Crippen LogP contribution in [0.3, 0.4) is 0 Å². The number of hydrogen-bond acceptors (Lipinski definition) is 5. The molecule has 1 unspecified atom stereocenters. The van der Waals surface area contributed by atoms with E-state index in [1.165, 1.54) is 0 Å². The Bertz CT molecular complexity index is 612. The average Bonchev–Trinajstić information content (AvgIpc) is 2.67. The number of carbonyl (C=O) groups excluding carboxylic acids is 2. The summed E-state index contributed by atoms with van der Waals surface area (Å²) in [5.41, 5.74) is 10.9. The summed E-state index contributed by atoms with van der Waals surface area (Å²) in [5.74, 6) is -0.925. The Balaban J connectivity index is 2.62. The minimum atomic E-state index is -1.01. The standard InChI is InChI=1S/C13H15N3O2S/c1-6(2)13(5-14)4-3-7-8(11(15)18)12(16)19-9(7)10(13)17/h6H,3-4,16H2,1-2H3,(H2,15,18). The highest BCUT2D eigenvalue weighted by atomic mass is 32.1. The van der Waals surface area contributed by atoms with Crippen molar-refractivity contribution < 1.29 is 9.59 Å². The van der Waals surface area contributed by atoms with E-state index in [0.717, 1.165) is 11.3 Å². The first-order valence-electron chi connectivity index (χ1n) is 6.02. The van der Waals surface area contributed by atoms with E-state index >= 15 is 0 Å². The summed E-state index contributed by atoms with van der Waals surface area (Å²) < 4.78 is 0. The molecule has 1 aromatic rings. The molecule has 2 rings (SSSR count). The van der Waals surface area contributed by atoms with E-state index < -0.39 is 11.3 Å². The smallest absolute Gasteiger partial charge is 0.251 e. The maximum absolute atomic E-state index is 12.6. The van der Waals surface area contributed by atoms with Crippen molar-refractivity contribution in [3.63, 3.8) is 0 Å². The van der Waals surface area contributed by atoms with Crippen LogP contribution in [0.2, 0.25) is 0 Å². The van der Waals surface area contributed by atoms with Crippen molar-refractivity contribution in [1.82, 2.24) is 0 Å². The van der Waals surface area contributed by atoms with E-state index in [1.54, 1.807) is 0 Å². The zero-order valence-electron chi connectivity index (χ0n) is 10.8. The molecule has 1 aliphatic carbocycles. The fourth-order valence-corrected chi connectivity index (χ4v) is 3.75. The van der Waals surface area contributed by atoms with Crippen LogP contribution >= 0.6 is 11.3 Å². The van der Waals surface area contributed by atoms with Gasteiger partial charge in [0.2, 0.25) is 0 Å². The summed E-state index contributed by atoms with van der Waals surface area (Å²) >= 11 is 1.06. The van der Waals surface area contributed by atoms with Gasteiger partial charge in [-0.15, -0.1) is 11.3 Å². The summed E-state index contributed by atoms with van der Waals surface area (Å²) in [6.07, 6.45) is 0.891. The van der Waals surface area contributed by atoms with Crippen molar-refractivity contribution in [2.45, 2.75) is 26.7 Å². The number of anilines is 1. The van der Waals surface area contributed by atoms with Crippen LogP contribution in [0.25, 0.3) is 0 Å². The highest BCUT2D eigenvalue weighted by Gasteiger charge is 2.47. The number of nitrogen functional groups attached to an aromatic ring is 1. The molecule has 0 saturated carbocycles. The first-order chi connectivity index (χ1) is 8.85. The van der Waals surface area contributed by atoms with Crippen molar-refractivity contribution in [3.8, 4) is 6.07 Å². The molecular formula is C13H15N3O2S. The zero-order valence-corrected chi connectivity index (χ0v) is 11.6. The van der Waals surface area contributed by atoms with Crippen LogP contribution in [0.1, 0.15) is 45.9 Å². The van der Waals surface area contributed by atoms with Crippen LogP contribution in [0, 0.1) is 22.7 Å². The Morgan fingerprint density at radius 3 is 2.63 bits per heavy atom. The summed E-state index contributed by atoms with van der Waals surface area (Å²) in [6, 6.07) is 2.17. The maximum Gasteiger partial charge on any atom is 0.251 e. The largest absolute Gasteiger partial charge is 0.390 e. The van der Waals surface area contributed by atoms with Gasteiger partial charge in [-0.2, -0.15) is 5.26 Å². The van der Waals surface area contributed by atoms with Gasteiger partial charge < -0.3 is 11.5 Å². The van der Waals surface area contributed by atoms with Crippen molar-refractivity contribution in [3.05, 3.63) is 16.0 Å². The summed E-state index contributed by atoms with van der Waals surface area (Å²) in [7, 11) is 0. The molecule has 6 heteroatoms. The minimum absolute atomic E-state index is 0.0847. The highest BCUT2D eigenvalue weighted by molar-refractivity contribution is 7.18. The zero-order chi connectivity index (χ0) is 14.4. The lowest BCUT2D eigenvalue weighted by Crippen LogP contribution is -2.39.